The van der Waals surface area contributed by atoms with Gasteiger partial charge in [0.05, 0.1) is 11.7 Å². The van der Waals surface area contributed by atoms with Gasteiger partial charge in [-0.1, -0.05) is 27.7 Å². The molecular weight excluding hydrogens is 276 g/mol. The molecule has 3 fully saturated rings. The normalized spacial score (nSPS) is 39.8. The van der Waals surface area contributed by atoms with Crippen LogP contribution in [-0.4, -0.2) is 34.9 Å². The quantitative estimate of drug-likeness (QED) is 0.690. The van der Waals surface area contributed by atoms with Crippen molar-refractivity contribution in [3.8, 4) is 0 Å². The van der Waals surface area contributed by atoms with Gasteiger partial charge < -0.3 is 20.5 Å². The van der Waals surface area contributed by atoms with E-state index in [1.807, 2.05) is 20.8 Å². The van der Waals surface area contributed by atoms with Crippen LogP contribution in [0.2, 0.25) is 0 Å². The van der Waals surface area contributed by atoms with E-state index >= 15 is 0 Å². The molecule has 0 aromatic carbocycles. The maximum absolute atomic E-state index is 10.4. The van der Waals surface area contributed by atoms with Crippen LogP contribution in [0.25, 0.3) is 0 Å². The van der Waals surface area contributed by atoms with E-state index in [0.717, 1.165) is 12.8 Å². The summed E-state index contributed by atoms with van der Waals surface area (Å²) in [5.41, 5.74) is 5.44. The summed E-state index contributed by atoms with van der Waals surface area (Å²) in [6, 6.07) is 0. The van der Waals surface area contributed by atoms with E-state index in [1.54, 1.807) is 0 Å². The van der Waals surface area contributed by atoms with Crippen molar-refractivity contribution in [2.45, 2.75) is 65.1 Å². The third kappa shape index (κ3) is 2.63. The van der Waals surface area contributed by atoms with Gasteiger partial charge in [-0.25, -0.2) is 0 Å². The van der Waals surface area contributed by atoms with Gasteiger partial charge in [-0.3, -0.25) is 0 Å². The molecule has 0 aliphatic heterocycles. The molecule has 4 nitrogen and oxygen atoms in total. The largest absolute Gasteiger partial charge is 0.472 e. The molecule has 0 radical (unpaired) electrons. The first-order valence-electron chi connectivity index (χ1n) is 7.40. The SMILES string of the molecule is CC(C)[C@@H](N)B(O)O[C@]1(C)[C@@H]2C[C@H](C[C@@H]1O)C2(C)C.Cl. The zero-order valence-electron chi connectivity index (χ0n) is 13.2. The summed E-state index contributed by atoms with van der Waals surface area (Å²) in [4.78, 5) is 0. The van der Waals surface area contributed by atoms with Gasteiger partial charge in [-0.2, -0.15) is 0 Å². The second kappa shape index (κ2) is 5.77. The predicted molar refractivity (Wildman–Crippen MR) is 83.5 cm³/mol. The molecule has 0 aromatic rings. The molecule has 2 bridgehead atoms. The van der Waals surface area contributed by atoms with Crippen LogP contribution in [0.3, 0.4) is 0 Å². The van der Waals surface area contributed by atoms with Crippen molar-refractivity contribution in [1.82, 2.24) is 0 Å². The first-order chi connectivity index (χ1) is 8.60. The van der Waals surface area contributed by atoms with E-state index in [2.05, 4.69) is 13.8 Å². The monoisotopic (exact) mass is 305 g/mol. The third-order valence-corrected chi connectivity index (χ3v) is 5.81. The Balaban J connectivity index is 0.00000200. The summed E-state index contributed by atoms with van der Waals surface area (Å²) < 4.78 is 5.88. The average Bonchev–Trinajstić information content (AvgIpc) is 2.30. The molecule has 118 valence electrons. The molecule has 0 aromatic heterocycles. The molecule has 3 saturated carbocycles. The zero-order chi connectivity index (χ0) is 14.6. The number of rotatable bonds is 4. The fourth-order valence-electron chi connectivity index (χ4n) is 3.95. The lowest BCUT2D eigenvalue weighted by atomic mass is 9.43. The molecule has 0 saturated heterocycles. The molecular formula is C14H29BClNO3. The van der Waals surface area contributed by atoms with Gasteiger partial charge in [0.15, 0.2) is 0 Å². The van der Waals surface area contributed by atoms with Crippen LogP contribution < -0.4 is 5.73 Å². The lowest BCUT2D eigenvalue weighted by Crippen LogP contribution is -2.69. The van der Waals surface area contributed by atoms with Crippen LogP contribution in [0, 0.1) is 23.2 Å². The minimum Gasteiger partial charge on any atom is -0.426 e. The molecule has 0 amide bonds. The van der Waals surface area contributed by atoms with Crippen molar-refractivity contribution >= 4 is 19.5 Å². The smallest absolute Gasteiger partial charge is 0.426 e. The highest BCUT2D eigenvalue weighted by molar-refractivity contribution is 6.45. The molecule has 6 heteroatoms. The lowest BCUT2D eigenvalue weighted by molar-refractivity contribution is -0.239. The number of nitrogens with two attached hydrogens (primary N) is 1. The maximum Gasteiger partial charge on any atom is 0.472 e. The highest BCUT2D eigenvalue weighted by atomic mass is 35.5. The molecule has 0 unspecified atom stereocenters. The molecule has 20 heavy (non-hydrogen) atoms. The van der Waals surface area contributed by atoms with Crippen LogP contribution in [0.1, 0.15) is 47.5 Å². The Hall–Kier alpha value is 0.195. The third-order valence-electron chi connectivity index (χ3n) is 5.81. The standard InChI is InChI=1S/C14H28BNO3.ClH/c1-8(2)12(16)15(18)19-14(5)10-6-9(7-11(14)17)13(10,3)4;/h8-12,17-18H,6-7,16H2,1-5H3;1H/t9-,10-,11+,12-,14-;/m1./s1. The number of aliphatic hydroxyl groups excluding tert-OH is 1. The second-order valence-corrected chi connectivity index (χ2v) is 7.57. The van der Waals surface area contributed by atoms with E-state index in [4.69, 9.17) is 10.4 Å². The van der Waals surface area contributed by atoms with Crippen LogP contribution in [0.5, 0.6) is 0 Å². The first-order valence-corrected chi connectivity index (χ1v) is 7.40. The first kappa shape index (κ1) is 18.2. The van der Waals surface area contributed by atoms with E-state index in [-0.39, 0.29) is 29.7 Å². The van der Waals surface area contributed by atoms with Crippen LogP contribution in [-0.2, 0) is 4.65 Å². The van der Waals surface area contributed by atoms with E-state index in [9.17, 15) is 10.1 Å². The Morgan fingerprint density at radius 2 is 1.80 bits per heavy atom. The van der Waals surface area contributed by atoms with Gasteiger partial charge in [-0.05, 0) is 42.9 Å². The minimum absolute atomic E-state index is 0. The van der Waals surface area contributed by atoms with Crippen molar-refractivity contribution in [3.63, 3.8) is 0 Å². The van der Waals surface area contributed by atoms with Gasteiger partial charge in [0, 0.05) is 5.94 Å². The number of fused-ring (bicyclic) bond motifs is 2. The summed E-state index contributed by atoms with van der Waals surface area (Å²) in [6.45, 7) is 10.3. The summed E-state index contributed by atoms with van der Waals surface area (Å²) >= 11 is 0. The number of hydrogen-bond acceptors (Lipinski definition) is 4. The Kier molecular flexibility index (Phi) is 5.26. The van der Waals surface area contributed by atoms with Crippen molar-refractivity contribution < 1.29 is 14.8 Å². The molecule has 0 spiro atoms. The van der Waals surface area contributed by atoms with Crippen molar-refractivity contribution in [1.29, 1.82) is 0 Å². The number of hydrogen-bond donors (Lipinski definition) is 3. The Bertz CT molecular complexity index is 355. The van der Waals surface area contributed by atoms with Gasteiger partial charge in [0.1, 0.15) is 0 Å². The number of halogens is 1. The number of aliphatic hydroxyl groups is 1. The molecule has 3 aliphatic carbocycles. The van der Waals surface area contributed by atoms with Crippen molar-refractivity contribution in [2.24, 2.45) is 28.9 Å². The Morgan fingerprint density at radius 3 is 2.25 bits per heavy atom. The van der Waals surface area contributed by atoms with Crippen LogP contribution in [0.15, 0.2) is 0 Å². The highest BCUT2D eigenvalue weighted by Gasteiger charge is 2.64. The van der Waals surface area contributed by atoms with Crippen LogP contribution >= 0.6 is 12.4 Å². The molecule has 0 heterocycles. The topological polar surface area (TPSA) is 75.7 Å². The van der Waals surface area contributed by atoms with E-state index < -0.39 is 24.8 Å². The lowest BCUT2D eigenvalue weighted by Gasteiger charge is -2.66. The maximum atomic E-state index is 10.4. The molecule has 5 atom stereocenters. The van der Waals surface area contributed by atoms with E-state index in [0.29, 0.717) is 5.92 Å². The highest BCUT2D eigenvalue weighted by Crippen LogP contribution is 2.63. The van der Waals surface area contributed by atoms with Crippen molar-refractivity contribution in [3.05, 3.63) is 0 Å². The summed E-state index contributed by atoms with van der Waals surface area (Å²) in [5.74, 6) is 0.564. The molecule has 3 rings (SSSR count). The fraction of sp³-hybridized carbons (Fsp3) is 1.00. The van der Waals surface area contributed by atoms with Gasteiger partial charge in [-0.15, -0.1) is 12.4 Å². The van der Waals surface area contributed by atoms with Crippen molar-refractivity contribution in [2.75, 3.05) is 0 Å². The average molecular weight is 306 g/mol. The van der Waals surface area contributed by atoms with Gasteiger partial charge in [0.25, 0.3) is 0 Å². The minimum atomic E-state index is -1.02. The summed E-state index contributed by atoms with van der Waals surface area (Å²) in [7, 11) is -1.02. The summed E-state index contributed by atoms with van der Waals surface area (Å²) in [5, 5.41) is 20.5. The van der Waals surface area contributed by atoms with Gasteiger partial charge >= 0.3 is 7.12 Å². The zero-order valence-corrected chi connectivity index (χ0v) is 14.0. The Labute approximate surface area is 129 Å². The second-order valence-electron chi connectivity index (χ2n) is 7.57. The summed E-state index contributed by atoms with van der Waals surface area (Å²) in [6.07, 6.45) is 1.31. The van der Waals surface area contributed by atoms with Crippen LogP contribution in [0.4, 0.5) is 0 Å². The van der Waals surface area contributed by atoms with E-state index in [1.165, 1.54) is 0 Å². The molecule has 4 N–H and O–H groups in total. The molecule has 3 aliphatic rings. The fourth-order valence-corrected chi connectivity index (χ4v) is 3.95. The Morgan fingerprint density at radius 1 is 1.25 bits per heavy atom. The van der Waals surface area contributed by atoms with Gasteiger partial charge in [0.2, 0.25) is 0 Å². The predicted octanol–water partition coefficient (Wildman–Crippen LogP) is 1.61.